The van der Waals surface area contributed by atoms with Crippen molar-refractivity contribution in [1.82, 2.24) is 5.32 Å². The van der Waals surface area contributed by atoms with Gasteiger partial charge in [-0.3, -0.25) is 4.79 Å². The van der Waals surface area contributed by atoms with Crippen LogP contribution >= 0.6 is 0 Å². The molecule has 1 rings (SSSR count). The summed E-state index contributed by atoms with van der Waals surface area (Å²) in [5.41, 5.74) is 0.116. The highest BCUT2D eigenvalue weighted by molar-refractivity contribution is 5.70. The Morgan fingerprint density at radius 3 is 2.44 bits per heavy atom. The van der Waals surface area contributed by atoms with Gasteiger partial charge in [0.2, 0.25) is 0 Å². The van der Waals surface area contributed by atoms with Gasteiger partial charge in [-0.15, -0.1) is 0 Å². The highest BCUT2D eigenvalue weighted by Gasteiger charge is 2.30. The maximum atomic E-state index is 11.4. The molecule has 0 saturated heterocycles. The Morgan fingerprint density at radius 1 is 1.38 bits per heavy atom. The Kier molecular flexibility index (Phi) is 4.36. The standard InChI is InChI=1S/C13H25NO2/c1-12(2,3)16-11(15)6-9-14-10-13(4)7-5-8-13/h14H,5-10H2,1-4H3. The van der Waals surface area contributed by atoms with Crippen LogP contribution in [0.25, 0.3) is 0 Å². The molecule has 0 atom stereocenters. The average Bonchev–Trinajstić information content (AvgIpc) is 2.06. The lowest BCUT2D eigenvalue weighted by Gasteiger charge is -2.38. The molecule has 0 spiro atoms. The summed E-state index contributed by atoms with van der Waals surface area (Å²) in [6.07, 6.45) is 4.44. The molecule has 1 saturated carbocycles. The second-order valence-electron chi connectivity index (χ2n) is 6.18. The fourth-order valence-corrected chi connectivity index (χ4v) is 1.93. The summed E-state index contributed by atoms with van der Waals surface area (Å²) in [7, 11) is 0. The zero-order valence-corrected chi connectivity index (χ0v) is 11.1. The first kappa shape index (κ1) is 13.5. The Morgan fingerprint density at radius 2 is 2.00 bits per heavy atom. The highest BCUT2D eigenvalue weighted by atomic mass is 16.6. The molecule has 0 aromatic rings. The second kappa shape index (κ2) is 5.17. The number of carbonyl (C=O) groups excluding carboxylic acids is 1. The van der Waals surface area contributed by atoms with E-state index in [1.54, 1.807) is 0 Å². The van der Waals surface area contributed by atoms with E-state index in [-0.39, 0.29) is 11.6 Å². The molecule has 1 N–H and O–H groups in total. The van der Waals surface area contributed by atoms with Crippen molar-refractivity contribution in [3.63, 3.8) is 0 Å². The summed E-state index contributed by atoms with van der Waals surface area (Å²) in [4.78, 5) is 11.4. The number of esters is 1. The summed E-state index contributed by atoms with van der Waals surface area (Å²) >= 11 is 0. The van der Waals surface area contributed by atoms with Crippen LogP contribution in [0.5, 0.6) is 0 Å². The molecule has 0 aromatic heterocycles. The van der Waals surface area contributed by atoms with Crippen LogP contribution in [0.3, 0.4) is 0 Å². The highest BCUT2D eigenvalue weighted by Crippen LogP contribution is 2.39. The molecule has 0 unspecified atom stereocenters. The van der Waals surface area contributed by atoms with Crippen LogP contribution in [0.1, 0.15) is 53.4 Å². The van der Waals surface area contributed by atoms with Gasteiger partial charge in [0, 0.05) is 13.1 Å². The van der Waals surface area contributed by atoms with Crippen molar-refractivity contribution < 1.29 is 9.53 Å². The molecule has 3 nitrogen and oxygen atoms in total. The topological polar surface area (TPSA) is 38.3 Å². The van der Waals surface area contributed by atoms with Crippen LogP contribution < -0.4 is 5.32 Å². The SMILES string of the molecule is CC1(CNCCC(=O)OC(C)(C)C)CCC1. The first-order valence-corrected chi connectivity index (χ1v) is 6.23. The monoisotopic (exact) mass is 227 g/mol. The van der Waals surface area contributed by atoms with E-state index in [9.17, 15) is 4.79 Å². The largest absolute Gasteiger partial charge is 0.460 e. The van der Waals surface area contributed by atoms with Gasteiger partial charge in [-0.1, -0.05) is 13.3 Å². The van der Waals surface area contributed by atoms with Crippen molar-refractivity contribution in [1.29, 1.82) is 0 Å². The molecule has 1 fully saturated rings. The first-order valence-electron chi connectivity index (χ1n) is 6.23. The van der Waals surface area contributed by atoms with Crippen molar-refractivity contribution >= 4 is 5.97 Å². The van der Waals surface area contributed by atoms with E-state index >= 15 is 0 Å². The van der Waals surface area contributed by atoms with Gasteiger partial charge in [0.25, 0.3) is 0 Å². The van der Waals surface area contributed by atoms with E-state index in [0.29, 0.717) is 11.8 Å². The molecule has 0 aliphatic heterocycles. The zero-order chi connectivity index (χ0) is 12.2. The molecular formula is C13H25NO2. The maximum Gasteiger partial charge on any atom is 0.307 e. The molecule has 16 heavy (non-hydrogen) atoms. The normalized spacial score (nSPS) is 19.0. The van der Waals surface area contributed by atoms with Crippen molar-refractivity contribution in [2.24, 2.45) is 5.41 Å². The number of nitrogens with one attached hydrogen (secondary N) is 1. The summed E-state index contributed by atoms with van der Waals surface area (Å²) in [6.45, 7) is 9.74. The summed E-state index contributed by atoms with van der Waals surface area (Å²) < 4.78 is 5.23. The number of carbonyl (C=O) groups is 1. The van der Waals surface area contributed by atoms with Crippen molar-refractivity contribution in [3.8, 4) is 0 Å². The van der Waals surface area contributed by atoms with Gasteiger partial charge in [0.15, 0.2) is 0 Å². The van der Waals surface area contributed by atoms with Crippen LogP contribution in [0.15, 0.2) is 0 Å². The van der Waals surface area contributed by atoms with Gasteiger partial charge in [-0.2, -0.15) is 0 Å². The Bertz CT molecular complexity index is 239. The summed E-state index contributed by atoms with van der Waals surface area (Å²) in [6, 6.07) is 0. The third kappa shape index (κ3) is 4.97. The quantitative estimate of drug-likeness (QED) is 0.579. The predicted octanol–water partition coefficient (Wildman–Crippen LogP) is 2.50. The summed E-state index contributed by atoms with van der Waals surface area (Å²) in [5.74, 6) is -0.112. The molecule has 0 bridgehead atoms. The molecule has 1 aliphatic rings. The van der Waals surface area contributed by atoms with E-state index < -0.39 is 0 Å². The third-order valence-corrected chi connectivity index (χ3v) is 3.04. The minimum absolute atomic E-state index is 0.112. The number of hydrogen-bond acceptors (Lipinski definition) is 3. The molecule has 0 aromatic carbocycles. The van der Waals surface area contributed by atoms with Gasteiger partial charge >= 0.3 is 5.97 Å². The zero-order valence-electron chi connectivity index (χ0n) is 11.1. The predicted molar refractivity (Wildman–Crippen MR) is 65.3 cm³/mol. The third-order valence-electron chi connectivity index (χ3n) is 3.04. The minimum Gasteiger partial charge on any atom is -0.460 e. The van der Waals surface area contributed by atoms with E-state index in [1.807, 2.05) is 20.8 Å². The van der Waals surface area contributed by atoms with E-state index in [0.717, 1.165) is 13.1 Å². The maximum absolute atomic E-state index is 11.4. The number of ether oxygens (including phenoxy) is 1. The van der Waals surface area contributed by atoms with Crippen LogP contribution in [0, 0.1) is 5.41 Å². The van der Waals surface area contributed by atoms with Crippen LogP contribution in [-0.4, -0.2) is 24.7 Å². The number of hydrogen-bond donors (Lipinski definition) is 1. The lowest BCUT2D eigenvalue weighted by Crippen LogP contribution is -2.38. The van der Waals surface area contributed by atoms with Gasteiger partial charge in [0.05, 0.1) is 6.42 Å². The van der Waals surface area contributed by atoms with Gasteiger partial charge in [-0.05, 0) is 39.0 Å². The van der Waals surface area contributed by atoms with Crippen LogP contribution in [0.2, 0.25) is 0 Å². The molecule has 0 amide bonds. The van der Waals surface area contributed by atoms with Crippen LogP contribution in [-0.2, 0) is 9.53 Å². The number of rotatable bonds is 5. The Hall–Kier alpha value is -0.570. The lowest BCUT2D eigenvalue weighted by molar-refractivity contribution is -0.154. The molecule has 1 aliphatic carbocycles. The average molecular weight is 227 g/mol. The Balaban J connectivity index is 2.04. The van der Waals surface area contributed by atoms with Gasteiger partial charge in [-0.25, -0.2) is 0 Å². The minimum atomic E-state index is -0.364. The fraction of sp³-hybridized carbons (Fsp3) is 0.923. The van der Waals surface area contributed by atoms with Crippen molar-refractivity contribution in [3.05, 3.63) is 0 Å². The second-order valence-corrected chi connectivity index (χ2v) is 6.18. The van der Waals surface area contributed by atoms with E-state index in [4.69, 9.17) is 4.74 Å². The summed E-state index contributed by atoms with van der Waals surface area (Å²) in [5, 5.41) is 3.34. The Labute approximate surface area is 98.9 Å². The van der Waals surface area contributed by atoms with E-state index in [2.05, 4.69) is 12.2 Å². The lowest BCUT2D eigenvalue weighted by atomic mass is 9.70. The first-order chi connectivity index (χ1) is 7.31. The van der Waals surface area contributed by atoms with Crippen LogP contribution in [0.4, 0.5) is 0 Å². The fourth-order valence-electron chi connectivity index (χ4n) is 1.93. The van der Waals surface area contributed by atoms with Crippen molar-refractivity contribution in [2.75, 3.05) is 13.1 Å². The van der Waals surface area contributed by atoms with Crippen molar-refractivity contribution in [2.45, 2.75) is 59.0 Å². The van der Waals surface area contributed by atoms with Gasteiger partial charge in [0.1, 0.15) is 5.60 Å². The van der Waals surface area contributed by atoms with Gasteiger partial charge < -0.3 is 10.1 Å². The molecule has 94 valence electrons. The molecule has 0 heterocycles. The van der Waals surface area contributed by atoms with E-state index in [1.165, 1.54) is 19.3 Å². The molecular weight excluding hydrogens is 202 g/mol. The molecule has 0 radical (unpaired) electrons. The smallest absolute Gasteiger partial charge is 0.307 e. The molecule has 3 heteroatoms.